The molecule has 2 unspecified atom stereocenters. The lowest BCUT2D eigenvalue weighted by Gasteiger charge is -2.28. The Bertz CT molecular complexity index is 880. The Kier molecular flexibility index (Phi) is 3.71. The highest BCUT2D eigenvalue weighted by atomic mass is 19.4. The number of carbonyl (C=O) groups is 3. The maximum Gasteiger partial charge on any atom is 0.416 e. The number of anilines is 1. The van der Waals surface area contributed by atoms with E-state index in [4.69, 9.17) is 9.47 Å². The number of fused-ring (bicyclic) bond motifs is 5. The molecule has 142 valence electrons. The van der Waals surface area contributed by atoms with Crippen LogP contribution in [0.2, 0.25) is 0 Å². The van der Waals surface area contributed by atoms with Crippen LogP contribution in [0.3, 0.4) is 0 Å². The van der Waals surface area contributed by atoms with Crippen LogP contribution in [0.5, 0.6) is 0 Å². The van der Waals surface area contributed by atoms with Crippen molar-refractivity contribution >= 4 is 23.5 Å². The van der Waals surface area contributed by atoms with Gasteiger partial charge in [0.15, 0.2) is 0 Å². The molecule has 0 aromatic heterocycles. The third-order valence-electron chi connectivity index (χ3n) is 5.09. The molecule has 0 N–H and O–H groups in total. The zero-order chi connectivity index (χ0) is 19.6. The van der Waals surface area contributed by atoms with Gasteiger partial charge in [0.05, 0.1) is 29.2 Å². The Balaban J connectivity index is 1.69. The Morgan fingerprint density at radius 3 is 2.70 bits per heavy atom. The molecule has 3 aliphatic heterocycles. The van der Waals surface area contributed by atoms with Crippen molar-refractivity contribution in [2.75, 3.05) is 11.5 Å². The lowest BCUT2D eigenvalue weighted by Crippen LogP contribution is -2.44. The molecule has 1 aromatic carbocycles. The highest BCUT2D eigenvalue weighted by Crippen LogP contribution is 2.52. The second-order valence-corrected chi connectivity index (χ2v) is 6.74. The average Bonchev–Trinajstić information content (AvgIpc) is 3.23. The van der Waals surface area contributed by atoms with E-state index < -0.39 is 53.1 Å². The summed E-state index contributed by atoms with van der Waals surface area (Å²) in [7, 11) is 0. The van der Waals surface area contributed by atoms with Gasteiger partial charge in [-0.1, -0.05) is 12.1 Å². The van der Waals surface area contributed by atoms with Crippen molar-refractivity contribution in [3.05, 3.63) is 42.0 Å². The number of esters is 1. The number of halogens is 3. The largest absolute Gasteiger partial charge is 0.462 e. The summed E-state index contributed by atoms with van der Waals surface area (Å²) in [6.45, 7) is 0.960. The smallest absolute Gasteiger partial charge is 0.416 e. The van der Waals surface area contributed by atoms with Crippen molar-refractivity contribution in [3.8, 4) is 0 Å². The van der Waals surface area contributed by atoms with Gasteiger partial charge in [0.1, 0.15) is 12.2 Å². The van der Waals surface area contributed by atoms with E-state index in [0.29, 0.717) is 0 Å². The molecule has 27 heavy (non-hydrogen) atoms. The Hall–Kier alpha value is -2.68. The summed E-state index contributed by atoms with van der Waals surface area (Å²) < 4.78 is 49.7. The molecule has 2 amide bonds. The first kappa shape index (κ1) is 17.7. The molecular weight excluding hydrogens is 367 g/mol. The van der Waals surface area contributed by atoms with Crippen LogP contribution >= 0.6 is 0 Å². The molecule has 2 saturated heterocycles. The standard InChI is InChI=1S/C18H14F3NO5/c1-9(23)26-8-17-6-5-12(27-17)13-14(17)16(25)22(15(13)24)11-4-2-3-10(7-11)18(19,20)21/h2-7,12-14H,8H2,1H3/t12?,13-,14+,17?/m1/s1. The van der Waals surface area contributed by atoms with Crippen LogP contribution in [-0.2, 0) is 30.0 Å². The zero-order valence-corrected chi connectivity index (χ0v) is 14.0. The Morgan fingerprint density at radius 2 is 2.04 bits per heavy atom. The van der Waals surface area contributed by atoms with Crippen LogP contribution in [0.1, 0.15) is 12.5 Å². The third kappa shape index (κ3) is 2.56. The summed E-state index contributed by atoms with van der Waals surface area (Å²) in [6.07, 6.45) is -2.08. The van der Waals surface area contributed by atoms with Crippen LogP contribution < -0.4 is 4.90 Å². The molecule has 6 nitrogen and oxygen atoms in total. The molecule has 9 heteroatoms. The van der Waals surface area contributed by atoms with Gasteiger partial charge < -0.3 is 9.47 Å². The van der Waals surface area contributed by atoms with Gasteiger partial charge in [0.2, 0.25) is 11.8 Å². The first-order valence-electron chi connectivity index (χ1n) is 8.20. The van der Waals surface area contributed by atoms with Gasteiger partial charge in [-0.2, -0.15) is 13.2 Å². The van der Waals surface area contributed by atoms with E-state index >= 15 is 0 Å². The normalized spacial score (nSPS) is 31.6. The summed E-state index contributed by atoms with van der Waals surface area (Å²) in [6, 6.07) is 4.06. The van der Waals surface area contributed by atoms with Crippen molar-refractivity contribution < 1.29 is 37.0 Å². The molecular formula is C18H14F3NO5. The highest BCUT2D eigenvalue weighted by Gasteiger charge is 2.68. The highest BCUT2D eigenvalue weighted by molar-refractivity contribution is 6.23. The van der Waals surface area contributed by atoms with Crippen LogP contribution in [0.4, 0.5) is 18.9 Å². The number of hydrogen-bond acceptors (Lipinski definition) is 5. The minimum atomic E-state index is -4.60. The SMILES string of the molecule is CC(=O)OCC12C=CC(O1)[C@H]1C(=O)N(c3cccc(C(F)(F)F)c3)C(=O)[C@H]12. The molecule has 0 radical (unpaired) electrons. The fourth-order valence-electron chi connectivity index (χ4n) is 3.96. The van der Waals surface area contributed by atoms with E-state index in [1.54, 1.807) is 12.2 Å². The molecule has 4 rings (SSSR count). The number of ether oxygens (including phenoxy) is 2. The maximum atomic E-state index is 13.0. The van der Waals surface area contributed by atoms with E-state index in [9.17, 15) is 27.6 Å². The molecule has 0 saturated carbocycles. The minimum absolute atomic E-state index is 0.142. The van der Waals surface area contributed by atoms with Crippen LogP contribution in [0.25, 0.3) is 0 Å². The fourth-order valence-corrected chi connectivity index (χ4v) is 3.96. The van der Waals surface area contributed by atoms with Gasteiger partial charge in [-0.15, -0.1) is 0 Å². The van der Waals surface area contributed by atoms with E-state index in [0.717, 1.165) is 23.1 Å². The number of amides is 2. The van der Waals surface area contributed by atoms with Crippen LogP contribution in [0, 0.1) is 11.8 Å². The lowest BCUT2D eigenvalue weighted by molar-refractivity contribution is -0.150. The molecule has 2 bridgehead atoms. The number of imide groups is 1. The maximum absolute atomic E-state index is 13.0. The predicted octanol–water partition coefficient (Wildman–Crippen LogP) is 2.08. The van der Waals surface area contributed by atoms with E-state index in [1.807, 2.05) is 0 Å². The summed E-state index contributed by atoms with van der Waals surface area (Å²) in [5.41, 5.74) is -2.37. The molecule has 3 aliphatic rings. The summed E-state index contributed by atoms with van der Waals surface area (Å²) >= 11 is 0. The Labute approximate surface area is 151 Å². The van der Waals surface area contributed by atoms with Crippen LogP contribution in [0.15, 0.2) is 36.4 Å². The van der Waals surface area contributed by atoms with Gasteiger partial charge in [-0.3, -0.25) is 14.4 Å². The third-order valence-corrected chi connectivity index (χ3v) is 5.09. The van der Waals surface area contributed by atoms with Crippen molar-refractivity contribution in [3.63, 3.8) is 0 Å². The number of benzene rings is 1. The van der Waals surface area contributed by atoms with Crippen molar-refractivity contribution in [2.45, 2.75) is 24.8 Å². The molecule has 4 atom stereocenters. The zero-order valence-electron chi connectivity index (χ0n) is 14.0. The second kappa shape index (κ2) is 5.66. The second-order valence-electron chi connectivity index (χ2n) is 6.74. The van der Waals surface area contributed by atoms with Gasteiger partial charge in [-0.05, 0) is 24.3 Å². The average molecular weight is 381 g/mol. The summed E-state index contributed by atoms with van der Waals surface area (Å²) in [5.74, 6) is -3.66. The molecule has 3 heterocycles. The minimum Gasteiger partial charge on any atom is -0.462 e. The van der Waals surface area contributed by atoms with Crippen molar-refractivity contribution in [2.24, 2.45) is 11.8 Å². The number of rotatable bonds is 3. The fraction of sp³-hybridized carbons (Fsp3) is 0.389. The summed E-state index contributed by atoms with van der Waals surface area (Å²) in [5, 5.41) is 0. The van der Waals surface area contributed by atoms with Gasteiger partial charge >= 0.3 is 12.1 Å². The first-order valence-corrected chi connectivity index (χ1v) is 8.20. The topological polar surface area (TPSA) is 72.9 Å². The molecule has 0 aliphatic carbocycles. The van der Waals surface area contributed by atoms with E-state index in [-0.39, 0.29) is 12.3 Å². The monoisotopic (exact) mass is 381 g/mol. The quantitative estimate of drug-likeness (QED) is 0.455. The Morgan fingerprint density at radius 1 is 1.30 bits per heavy atom. The van der Waals surface area contributed by atoms with Crippen molar-refractivity contribution in [1.82, 2.24) is 0 Å². The number of nitrogens with zero attached hydrogens (tertiary/aromatic N) is 1. The van der Waals surface area contributed by atoms with Gasteiger partial charge in [0, 0.05) is 6.92 Å². The van der Waals surface area contributed by atoms with Gasteiger partial charge in [0.25, 0.3) is 0 Å². The van der Waals surface area contributed by atoms with Crippen molar-refractivity contribution in [1.29, 1.82) is 0 Å². The van der Waals surface area contributed by atoms with E-state index in [2.05, 4.69) is 0 Å². The molecule has 1 aromatic rings. The first-order chi connectivity index (χ1) is 12.6. The number of hydrogen-bond donors (Lipinski definition) is 0. The van der Waals surface area contributed by atoms with E-state index in [1.165, 1.54) is 13.0 Å². The number of carbonyl (C=O) groups excluding carboxylic acids is 3. The van der Waals surface area contributed by atoms with Gasteiger partial charge in [-0.25, -0.2) is 4.90 Å². The lowest BCUT2D eigenvalue weighted by atomic mass is 9.77. The van der Waals surface area contributed by atoms with Crippen LogP contribution in [-0.4, -0.2) is 36.1 Å². The number of alkyl halides is 3. The molecule has 0 spiro atoms. The summed E-state index contributed by atoms with van der Waals surface area (Å²) in [4.78, 5) is 37.7. The predicted molar refractivity (Wildman–Crippen MR) is 84.3 cm³/mol. The molecule has 2 fully saturated rings.